The van der Waals surface area contributed by atoms with Crippen molar-refractivity contribution in [3.63, 3.8) is 0 Å². The maximum absolute atomic E-state index is 12.3. The first-order valence-corrected chi connectivity index (χ1v) is 10.5. The number of nitrogens with one attached hydrogen (secondary N) is 2. The van der Waals surface area contributed by atoms with Gasteiger partial charge in [0.05, 0.1) is 23.5 Å². The number of aryl methyl sites for hydroxylation is 1. The summed E-state index contributed by atoms with van der Waals surface area (Å²) in [6.07, 6.45) is 2.24. The molecule has 142 valence electrons. The third-order valence-corrected chi connectivity index (χ3v) is 5.75. The lowest BCUT2D eigenvalue weighted by Gasteiger charge is -2.18. The van der Waals surface area contributed by atoms with Crippen molar-refractivity contribution < 1.29 is 0 Å². The Kier molecular flexibility index (Phi) is 5.65. The summed E-state index contributed by atoms with van der Waals surface area (Å²) >= 11 is 1.73. The van der Waals surface area contributed by atoms with Crippen molar-refractivity contribution in [2.75, 3.05) is 0 Å². The van der Waals surface area contributed by atoms with Gasteiger partial charge in [0.25, 0.3) is 5.56 Å². The Morgan fingerprint density at radius 2 is 1.89 bits per heavy atom. The third kappa shape index (κ3) is 4.06. The summed E-state index contributed by atoms with van der Waals surface area (Å²) in [6.45, 7) is 2.68. The standard InChI is InChI=1S/C23H23N3OS/c1-2-6-16-10-12-17(13-11-16)22(20-9-5-14-28-20)24-15-21-25-19-8-4-3-7-18(19)23(27)26-21/h3-5,7-14,22,24H,2,6,15H2,1H3,(H,25,26,27)/t22-/m1/s1. The predicted octanol–water partition coefficient (Wildman–Crippen LogP) is 4.82. The highest BCUT2D eigenvalue weighted by atomic mass is 32.1. The second kappa shape index (κ2) is 8.50. The Morgan fingerprint density at radius 1 is 1.07 bits per heavy atom. The smallest absolute Gasteiger partial charge is 0.258 e. The SMILES string of the molecule is CCCc1ccc([C@@H](NCc2nc3ccccc3c(=O)[nH]2)c2cccs2)cc1. The van der Waals surface area contributed by atoms with Gasteiger partial charge < -0.3 is 4.98 Å². The molecule has 2 aromatic carbocycles. The van der Waals surface area contributed by atoms with E-state index in [2.05, 4.69) is 64.0 Å². The molecular formula is C23H23N3OS. The highest BCUT2D eigenvalue weighted by Crippen LogP contribution is 2.26. The number of rotatable bonds is 7. The van der Waals surface area contributed by atoms with Crippen molar-refractivity contribution in [3.05, 3.63) is 98.2 Å². The van der Waals surface area contributed by atoms with Crippen LogP contribution in [0.3, 0.4) is 0 Å². The molecule has 1 atom stereocenters. The molecule has 4 nitrogen and oxygen atoms in total. The third-order valence-electron chi connectivity index (χ3n) is 4.81. The summed E-state index contributed by atoms with van der Waals surface area (Å²) in [7, 11) is 0. The first kappa shape index (κ1) is 18.6. The molecule has 0 saturated carbocycles. The number of thiophene rings is 1. The quantitative estimate of drug-likeness (QED) is 0.477. The predicted molar refractivity (Wildman–Crippen MR) is 116 cm³/mol. The molecule has 0 bridgehead atoms. The van der Waals surface area contributed by atoms with Gasteiger partial charge in [0.15, 0.2) is 0 Å². The minimum atomic E-state index is -0.0982. The second-order valence-corrected chi connectivity index (χ2v) is 7.83. The second-order valence-electron chi connectivity index (χ2n) is 6.85. The maximum atomic E-state index is 12.3. The van der Waals surface area contributed by atoms with E-state index >= 15 is 0 Å². The number of benzene rings is 2. The van der Waals surface area contributed by atoms with Gasteiger partial charge in [-0.25, -0.2) is 4.98 Å². The molecule has 5 heteroatoms. The largest absolute Gasteiger partial charge is 0.309 e. The lowest BCUT2D eigenvalue weighted by atomic mass is 10.0. The van der Waals surface area contributed by atoms with E-state index in [4.69, 9.17) is 0 Å². The fourth-order valence-corrected chi connectivity index (χ4v) is 4.25. The van der Waals surface area contributed by atoms with Gasteiger partial charge >= 0.3 is 0 Å². The zero-order chi connectivity index (χ0) is 19.3. The van der Waals surface area contributed by atoms with Gasteiger partial charge in [0.1, 0.15) is 5.82 Å². The maximum Gasteiger partial charge on any atom is 0.258 e. The molecular weight excluding hydrogens is 366 g/mol. The topological polar surface area (TPSA) is 57.8 Å². The molecule has 0 aliphatic rings. The summed E-state index contributed by atoms with van der Waals surface area (Å²) in [4.78, 5) is 21.1. The minimum absolute atomic E-state index is 0.0625. The van der Waals surface area contributed by atoms with Gasteiger partial charge in [-0.2, -0.15) is 0 Å². The van der Waals surface area contributed by atoms with Gasteiger partial charge in [0.2, 0.25) is 0 Å². The fourth-order valence-electron chi connectivity index (χ4n) is 3.42. The van der Waals surface area contributed by atoms with Crippen LogP contribution in [0.2, 0.25) is 0 Å². The van der Waals surface area contributed by atoms with Crippen LogP contribution in [0.1, 0.15) is 41.2 Å². The molecule has 0 unspecified atom stereocenters. The van der Waals surface area contributed by atoms with Crippen molar-refractivity contribution in [2.24, 2.45) is 0 Å². The van der Waals surface area contributed by atoms with Gasteiger partial charge in [-0.15, -0.1) is 11.3 Å². The lowest BCUT2D eigenvalue weighted by Crippen LogP contribution is -2.24. The molecule has 0 aliphatic heterocycles. The summed E-state index contributed by atoms with van der Waals surface area (Å²) < 4.78 is 0. The Balaban J connectivity index is 1.59. The molecule has 0 amide bonds. The average molecular weight is 390 g/mol. The van der Waals surface area contributed by atoms with E-state index < -0.39 is 0 Å². The zero-order valence-electron chi connectivity index (χ0n) is 15.8. The average Bonchev–Trinajstić information content (AvgIpc) is 3.24. The molecule has 2 aromatic heterocycles. The number of hydrogen-bond donors (Lipinski definition) is 2. The van der Waals surface area contributed by atoms with Crippen LogP contribution in [0.25, 0.3) is 10.9 Å². The molecule has 2 heterocycles. The number of aromatic amines is 1. The van der Waals surface area contributed by atoms with Crippen molar-refractivity contribution in [3.8, 4) is 0 Å². The Hall–Kier alpha value is -2.76. The number of hydrogen-bond acceptors (Lipinski definition) is 4. The van der Waals surface area contributed by atoms with E-state index in [0.717, 1.165) is 18.4 Å². The first-order valence-electron chi connectivity index (χ1n) is 9.58. The van der Waals surface area contributed by atoms with Crippen LogP contribution in [-0.2, 0) is 13.0 Å². The highest BCUT2D eigenvalue weighted by molar-refractivity contribution is 7.10. The van der Waals surface area contributed by atoms with Crippen LogP contribution < -0.4 is 10.9 Å². The van der Waals surface area contributed by atoms with E-state index in [1.807, 2.05) is 18.2 Å². The van der Waals surface area contributed by atoms with Crippen LogP contribution >= 0.6 is 11.3 Å². The highest BCUT2D eigenvalue weighted by Gasteiger charge is 2.15. The van der Waals surface area contributed by atoms with Crippen molar-refractivity contribution in [1.29, 1.82) is 0 Å². The summed E-state index contributed by atoms with van der Waals surface area (Å²) in [5.41, 5.74) is 3.20. The molecule has 0 spiro atoms. The van der Waals surface area contributed by atoms with Crippen LogP contribution in [-0.4, -0.2) is 9.97 Å². The lowest BCUT2D eigenvalue weighted by molar-refractivity contribution is 0.594. The van der Waals surface area contributed by atoms with E-state index in [-0.39, 0.29) is 11.6 Å². The van der Waals surface area contributed by atoms with Gasteiger partial charge in [-0.1, -0.05) is 55.8 Å². The monoisotopic (exact) mass is 389 g/mol. The van der Waals surface area contributed by atoms with Crippen molar-refractivity contribution in [1.82, 2.24) is 15.3 Å². The number of nitrogens with zero attached hydrogens (tertiary/aromatic N) is 1. The van der Waals surface area contributed by atoms with E-state index in [0.29, 0.717) is 17.8 Å². The van der Waals surface area contributed by atoms with Crippen LogP contribution in [0, 0.1) is 0 Å². The van der Waals surface area contributed by atoms with Gasteiger partial charge in [-0.3, -0.25) is 10.1 Å². The van der Waals surface area contributed by atoms with Crippen molar-refractivity contribution in [2.45, 2.75) is 32.4 Å². The van der Waals surface area contributed by atoms with E-state index in [1.54, 1.807) is 17.4 Å². The molecule has 4 aromatic rings. The Morgan fingerprint density at radius 3 is 2.64 bits per heavy atom. The van der Waals surface area contributed by atoms with E-state index in [9.17, 15) is 4.79 Å². The van der Waals surface area contributed by atoms with Crippen molar-refractivity contribution >= 4 is 22.2 Å². The molecule has 2 N–H and O–H groups in total. The summed E-state index contributed by atoms with van der Waals surface area (Å²) in [5, 5.41) is 6.28. The number of aromatic nitrogens is 2. The van der Waals surface area contributed by atoms with Gasteiger partial charge in [-0.05, 0) is 41.1 Å². The van der Waals surface area contributed by atoms with Crippen LogP contribution in [0.15, 0.2) is 70.8 Å². The Labute approximate surface area is 168 Å². The fraction of sp³-hybridized carbons (Fsp3) is 0.217. The number of para-hydroxylation sites is 1. The number of fused-ring (bicyclic) bond motifs is 1. The van der Waals surface area contributed by atoms with Crippen LogP contribution in [0.5, 0.6) is 0 Å². The molecule has 0 fully saturated rings. The molecule has 28 heavy (non-hydrogen) atoms. The first-order chi connectivity index (χ1) is 13.7. The summed E-state index contributed by atoms with van der Waals surface area (Å²) in [5.74, 6) is 0.646. The molecule has 4 rings (SSSR count). The normalized spacial score (nSPS) is 12.3. The minimum Gasteiger partial charge on any atom is -0.309 e. The molecule has 0 saturated heterocycles. The molecule has 0 radical (unpaired) electrons. The summed E-state index contributed by atoms with van der Waals surface area (Å²) in [6, 6.07) is 20.5. The van der Waals surface area contributed by atoms with Gasteiger partial charge in [0, 0.05) is 4.88 Å². The van der Waals surface area contributed by atoms with Crippen LogP contribution in [0.4, 0.5) is 0 Å². The zero-order valence-corrected chi connectivity index (χ0v) is 16.6. The van der Waals surface area contributed by atoms with E-state index in [1.165, 1.54) is 16.0 Å². The Bertz CT molecular complexity index is 1100. The molecule has 0 aliphatic carbocycles. The number of H-pyrrole nitrogens is 1.